The van der Waals surface area contributed by atoms with Crippen LogP contribution < -0.4 is 5.73 Å². The van der Waals surface area contributed by atoms with Crippen LogP contribution in [0.3, 0.4) is 0 Å². The molecule has 2 bridgehead atoms. The summed E-state index contributed by atoms with van der Waals surface area (Å²) in [5, 5.41) is 2.45. The molecule has 2 saturated heterocycles. The first-order chi connectivity index (χ1) is 10.3. The first-order valence-electron chi connectivity index (χ1n) is 7.77. The highest BCUT2D eigenvalue weighted by Crippen LogP contribution is 2.33. The number of morpholine rings is 1. The molecule has 2 N–H and O–H groups in total. The molecule has 2 fully saturated rings. The van der Waals surface area contributed by atoms with Crippen LogP contribution in [-0.2, 0) is 4.74 Å². The van der Waals surface area contributed by atoms with Crippen LogP contribution in [0.1, 0.15) is 24.4 Å². The number of likely N-dealkylation sites (tertiary alicyclic amines) is 1. The van der Waals surface area contributed by atoms with E-state index in [-0.39, 0.29) is 6.04 Å². The number of rotatable bonds is 3. The molecule has 0 aliphatic carbocycles. The quantitative estimate of drug-likeness (QED) is 0.937. The minimum Gasteiger partial charge on any atom is -0.372 e. The third kappa shape index (κ3) is 2.33. The molecule has 4 heteroatoms. The average molecular weight is 283 g/mol. The van der Waals surface area contributed by atoms with E-state index in [1.807, 2.05) is 12.4 Å². The largest absolute Gasteiger partial charge is 0.372 e. The van der Waals surface area contributed by atoms with E-state index >= 15 is 0 Å². The zero-order chi connectivity index (χ0) is 14.2. The third-order valence-corrected chi connectivity index (χ3v) is 4.79. The highest BCUT2D eigenvalue weighted by molar-refractivity contribution is 5.85. The molecule has 0 amide bonds. The maximum atomic E-state index is 6.13. The van der Waals surface area contributed by atoms with Gasteiger partial charge < -0.3 is 10.5 Å². The van der Waals surface area contributed by atoms with Crippen LogP contribution >= 0.6 is 0 Å². The monoisotopic (exact) mass is 283 g/mol. The van der Waals surface area contributed by atoms with E-state index in [1.54, 1.807) is 0 Å². The minimum atomic E-state index is 0.232. The number of benzene rings is 1. The Bertz CT molecular complexity index is 627. The summed E-state index contributed by atoms with van der Waals surface area (Å²) in [7, 11) is 0. The second-order valence-electron chi connectivity index (χ2n) is 6.11. The van der Waals surface area contributed by atoms with Crippen LogP contribution in [0.15, 0.2) is 36.7 Å². The van der Waals surface area contributed by atoms with Gasteiger partial charge in [0.1, 0.15) is 0 Å². The van der Waals surface area contributed by atoms with Gasteiger partial charge in [0.25, 0.3) is 0 Å². The zero-order valence-electron chi connectivity index (χ0n) is 12.1. The number of aromatic nitrogens is 1. The lowest BCUT2D eigenvalue weighted by molar-refractivity contribution is -0.0519. The number of pyridine rings is 1. The number of nitrogens with two attached hydrogens (primary N) is 1. The van der Waals surface area contributed by atoms with E-state index in [4.69, 9.17) is 10.5 Å². The van der Waals surface area contributed by atoms with Crippen molar-refractivity contribution < 1.29 is 4.74 Å². The smallest absolute Gasteiger partial charge is 0.0707 e. The van der Waals surface area contributed by atoms with Gasteiger partial charge in [0.05, 0.1) is 12.2 Å². The number of hydrogen-bond acceptors (Lipinski definition) is 4. The Morgan fingerprint density at radius 3 is 2.71 bits per heavy atom. The summed E-state index contributed by atoms with van der Waals surface area (Å²) in [4.78, 5) is 6.91. The second kappa shape index (κ2) is 5.37. The Morgan fingerprint density at radius 1 is 1.19 bits per heavy atom. The average Bonchev–Trinajstić information content (AvgIpc) is 2.87. The number of ether oxygens (including phenoxy) is 1. The summed E-state index contributed by atoms with van der Waals surface area (Å²) in [6.45, 7) is 2.60. The molecule has 0 radical (unpaired) electrons. The fourth-order valence-corrected chi connectivity index (χ4v) is 3.78. The summed E-state index contributed by atoms with van der Waals surface area (Å²) in [5.74, 6) is 0. The van der Waals surface area contributed by atoms with Crippen molar-refractivity contribution >= 4 is 10.8 Å². The molecule has 2 aliphatic rings. The van der Waals surface area contributed by atoms with Gasteiger partial charge in [-0.15, -0.1) is 0 Å². The first kappa shape index (κ1) is 13.2. The van der Waals surface area contributed by atoms with Crippen LogP contribution in [0.4, 0.5) is 0 Å². The van der Waals surface area contributed by atoms with Crippen LogP contribution in [0.25, 0.3) is 10.8 Å². The number of nitrogens with zero attached hydrogens (tertiary/aromatic N) is 2. The van der Waals surface area contributed by atoms with Gasteiger partial charge in [0.2, 0.25) is 0 Å². The molecule has 2 aliphatic heterocycles. The fourth-order valence-electron chi connectivity index (χ4n) is 3.78. The van der Waals surface area contributed by atoms with E-state index in [9.17, 15) is 0 Å². The summed E-state index contributed by atoms with van der Waals surface area (Å²) in [6.07, 6.45) is 7.06. The third-order valence-electron chi connectivity index (χ3n) is 4.79. The van der Waals surface area contributed by atoms with E-state index in [1.165, 1.54) is 29.2 Å². The van der Waals surface area contributed by atoms with Crippen LogP contribution in [-0.4, -0.2) is 41.7 Å². The normalized spacial score (nSPS) is 27.1. The molecule has 1 aromatic heterocycles. The van der Waals surface area contributed by atoms with Gasteiger partial charge in [-0.25, -0.2) is 0 Å². The highest BCUT2D eigenvalue weighted by Gasteiger charge is 2.36. The molecule has 21 heavy (non-hydrogen) atoms. The van der Waals surface area contributed by atoms with Gasteiger partial charge in [0, 0.05) is 43.5 Å². The minimum absolute atomic E-state index is 0.232. The predicted octanol–water partition coefficient (Wildman–Crippen LogP) is 2.10. The summed E-state index contributed by atoms with van der Waals surface area (Å²) >= 11 is 0. The molecule has 3 heterocycles. The molecule has 1 aromatic carbocycles. The molecular weight excluding hydrogens is 262 g/mol. The van der Waals surface area contributed by atoms with Crippen molar-refractivity contribution in [3.8, 4) is 0 Å². The zero-order valence-corrected chi connectivity index (χ0v) is 12.1. The van der Waals surface area contributed by atoms with Crippen molar-refractivity contribution in [2.24, 2.45) is 5.73 Å². The Labute approximate surface area is 124 Å². The van der Waals surface area contributed by atoms with E-state index in [2.05, 4.69) is 34.1 Å². The Kier molecular flexibility index (Phi) is 3.37. The van der Waals surface area contributed by atoms with Gasteiger partial charge in [0.15, 0.2) is 0 Å². The van der Waals surface area contributed by atoms with Crippen molar-refractivity contribution in [3.05, 3.63) is 42.2 Å². The van der Waals surface area contributed by atoms with Crippen LogP contribution in [0.2, 0.25) is 0 Å². The van der Waals surface area contributed by atoms with Crippen LogP contribution in [0.5, 0.6) is 0 Å². The number of hydrogen-bond donors (Lipinski definition) is 1. The fraction of sp³-hybridized carbons (Fsp3) is 0.471. The molecule has 4 nitrogen and oxygen atoms in total. The second-order valence-corrected chi connectivity index (χ2v) is 6.11. The van der Waals surface area contributed by atoms with E-state index in [0.717, 1.165) is 13.1 Å². The van der Waals surface area contributed by atoms with Crippen molar-refractivity contribution in [1.82, 2.24) is 9.88 Å². The molecule has 0 saturated carbocycles. The SMILES string of the molecule is NCC(c1cncc2ccccc12)N1CC2CCC(C1)O2. The summed E-state index contributed by atoms with van der Waals surface area (Å²) < 4.78 is 5.95. The Hall–Kier alpha value is -1.49. The van der Waals surface area contributed by atoms with Gasteiger partial charge in [-0.1, -0.05) is 24.3 Å². The molecule has 0 spiro atoms. The molecule has 3 unspecified atom stereocenters. The standard InChI is InChI=1S/C17H21N3O/c18-7-17(20-10-13-5-6-14(11-20)21-13)16-9-19-8-12-3-1-2-4-15(12)16/h1-4,8-9,13-14,17H,5-7,10-11,18H2. The summed E-state index contributed by atoms with van der Waals surface area (Å²) in [5.41, 5.74) is 7.37. The van der Waals surface area contributed by atoms with Crippen LogP contribution in [0, 0.1) is 0 Å². The van der Waals surface area contributed by atoms with Gasteiger partial charge in [-0.3, -0.25) is 9.88 Å². The van der Waals surface area contributed by atoms with E-state index in [0.29, 0.717) is 18.8 Å². The van der Waals surface area contributed by atoms with Crippen molar-refractivity contribution in [2.45, 2.75) is 31.1 Å². The molecule has 3 atom stereocenters. The van der Waals surface area contributed by atoms with Gasteiger partial charge in [-0.2, -0.15) is 0 Å². The maximum Gasteiger partial charge on any atom is 0.0707 e. The first-order valence-corrected chi connectivity index (χ1v) is 7.77. The van der Waals surface area contributed by atoms with Crippen molar-refractivity contribution in [1.29, 1.82) is 0 Å². The molecule has 4 rings (SSSR count). The lowest BCUT2D eigenvalue weighted by atomic mass is 9.99. The molecular formula is C17H21N3O. The highest BCUT2D eigenvalue weighted by atomic mass is 16.5. The van der Waals surface area contributed by atoms with Gasteiger partial charge >= 0.3 is 0 Å². The number of fused-ring (bicyclic) bond motifs is 3. The predicted molar refractivity (Wildman–Crippen MR) is 83.0 cm³/mol. The lowest BCUT2D eigenvalue weighted by Gasteiger charge is -2.38. The van der Waals surface area contributed by atoms with E-state index < -0.39 is 0 Å². The maximum absolute atomic E-state index is 6.13. The lowest BCUT2D eigenvalue weighted by Crippen LogP contribution is -2.46. The van der Waals surface area contributed by atoms with Crippen molar-refractivity contribution in [3.63, 3.8) is 0 Å². The summed E-state index contributed by atoms with van der Waals surface area (Å²) in [6, 6.07) is 8.66. The molecule has 2 aromatic rings. The Morgan fingerprint density at radius 2 is 1.95 bits per heavy atom. The topological polar surface area (TPSA) is 51.4 Å². The van der Waals surface area contributed by atoms with Crippen molar-refractivity contribution in [2.75, 3.05) is 19.6 Å². The van der Waals surface area contributed by atoms with Gasteiger partial charge in [-0.05, 0) is 23.8 Å². The molecule has 110 valence electrons. The Balaban J connectivity index is 1.71.